The molecule has 0 aromatic carbocycles. The molecule has 3 rings (SSSR count). The van der Waals surface area contributed by atoms with Gasteiger partial charge in [-0.3, -0.25) is 4.99 Å². The van der Waals surface area contributed by atoms with Crippen LogP contribution in [0.15, 0.2) is 4.99 Å². The Labute approximate surface area is 184 Å². The van der Waals surface area contributed by atoms with E-state index in [2.05, 4.69) is 48.2 Å². The minimum atomic E-state index is 0. The molecule has 1 aromatic rings. The molecule has 0 saturated carbocycles. The Hall–Kier alpha value is -0.680. The molecule has 9 heteroatoms. The van der Waals surface area contributed by atoms with Gasteiger partial charge in [0.05, 0.1) is 0 Å². The molecule has 3 heterocycles. The predicted molar refractivity (Wildman–Crippen MR) is 125 cm³/mol. The van der Waals surface area contributed by atoms with Crippen LogP contribution in [0.25, 0.3) is 0 Å². The van der Waals surface area contributed by atoms with Crippen molar-refractivity contribution in [3.05, 3.63) is 5.82 Å². The highest BCUT2D eigenvalue weighted by Crippen LogP contribution is 2.19. The van der Waals surface area contributed by atoms with Crippen molar-refractivity contribution in [1.82, 2.24) is 24.5 Å². The predicted octanol–water partition coefficient (Wildman–Crippen LogP) is 2.15. The van der Waals surface area contributed by atoms with Crippen LogP contribution in [0.3, 0.4) is 0 Å². The Morgan fingerprint density at radius 1 is 1.19 bits per heavy atom. The summed E-state index contributed by atoms with van der Waals surface area (Å²) >= 11 is 1.52. The Morgan fingerprint density at radius 3 is 2.48 bits per heavy atom. The molecule has 0 spiro atoms. The van der Waals surface area contributed by atoms with E-state index in [1.54, 1.807) is 0 Å². The molecule has 154 valence electrons. The van der Waals surface area contributed by atoms with Crippen molar-refractivity contribution in [2.45, 2.75) is 33.1 Å². The molecule has 0 radical (unpaired) electrons. The van der Waals surface area contributed by atoms with Gasteiger partial charge in [0.15, 0.2) is 5.96 Å². The lowest BCUT2D eigenvalue weighted by atomic mass is 9.99. The molecular weight excluding hydrogens is 473 g/mol. The molecule has 7 nitrogen and oxygen atoms in total. The van der Waals surface area contributed by atoms with Gasteiger partial charge in [-0.2, -0.15) is 4.37 Å². The Kier molecular flexibility index (Phi) is 9.51. The van der Waals surface area contributed by atoms with Gasteiger partial charge in [0.1, 0.15) is 5.82 Å². The molecule has 2 aliphatic rings. The van der Waals surface area contributed by atoms with Crippen LogP contribution in [0.2, 0.25) is 0 Å². The summed E-state index contributed by atoms with van der Waals surface area (Å²) < 4.78 is 4.40. The first kappa shape index (κ1) is 22.6. The van der Waals surface area contributed by atoms with E-state index < -0.39 is 0 Å². The van der Waals surface area contributed by atoms with Crippen molar-refractivity contribution in [2.24, 2.45) is 10.9 Å². The summed E-state index contributed by atoms with van der Waals surface area (Å²) in [6.45, 7) is 12.9. The zero-order valence-corrected chi connectivity index (χ0v) is 20.0. The van der Waals surface area contributed by atoms with E-state index in [4.69, 9.17) is 0 Å². The van der Waals surface area contributed by atoms with E-state index in [0.29, 0.717) is 0 Å². The van der Waals surface area contributed by atoms with Crippen molar-refractivity contribution in [3.8, 4) is 0 Å². The zero-order valence-electron chi connectivity index (χ0n) is 16.9. The van der Waals surface area contributed by atoms with Crippen molar-refractivity contribution < 1.29 is 0 Å². The largest absolute Gasteiger partial charge is 0.355 e. The van der Waals surface area contributed by atoms with Crippen molar-refractivity contribution in [2.75, 3.05) is 64.3 Å². The van der Waals surface area contributed by atoms with Gasteiger partial charge in [-0.1, -0.05) is 13.8 Å². The number of hydrogen-bond donors (Lipinski definition) is 1. The third-order valence-electron chi connectivity index (χ3n) is 5.42. The van der Waals surface area contributed by atoms with Gasteiger partial charge in [0.2, 0.25) is 5.13 Å². The number of likely N-dealkylation sites (tertiary alicyclic amines) is 1. The number of aliphatic imine (C=N–C) groups is 1. The van der Waals surface area contributed by atoms with E-state index in [1.165, 1.54) is 37.5 Å². The second-order valence-corrected chi connectivity index (χ2v) is 8.05. The average molecular weight is 507 g/mol. The second-order valence-electron chi connectivity index (χ2n) is 7.32. The summed E-state index contributed by atoms with van der Waals surface area (Å²) in [6, 6.07) is 0. The molecule has 1 N–H and O–H groups in total. The minimum absolute atomic E-state index is 0. The molecule has 0 amide bonds. The number of nitrogens with zero attached hydrogens (tertiary/aromatic N) is 6. The molecule has 2 aliphatic heterocycles. The number of piperidine rings is 1. The fourth-order valence-electron chi connectivity index (χ4n) is 3.57. The molecule has 0 aliphatic carbocycles. The number of nitrogens with one attached hydrogen (secondary N) is 1. The quantitative estimate of drug-likeness (QED) is 0.375. The Morgan fingerprint density at radius 2 is 1.89 bits per heavy atom. The molecule has 0 bridgehead atoms. The van der Waals surface area contributed by atoms with E-state index >= 15 is 0 Å². The number of aryl methyl sites for hydroxylation is 1. The second kappa shape index (κ2) is 11.4. The molecule has 2 saturated heterocycles. The first-order valence-corrected chi connectivity index (χ1v) is 10.7. The van der Waals surface area contributed by atoms with Crippen molar-refractivity contribution in [3.63, 3.8) is 0 Å². The van der Waals surface area contributed by atoms with Gasteiger partial charge in [-0.05, 0) is 31.8 Å². The number of aromatic nitrogens is 2. The topological polar surface area (TPSA) is 59.9 Å². The third-order valence-corrected chi connectivity index (χ3v) is 6.24. The van der Waals surface area contributed by atoms with Crippen LogP contribution >= 0.6 is 35.5 Å². The smallest absolute Gasteiger partial charge is 0.205 e. The van der Waals surface area contributed by atoms with E-state index in [-0.39, 0.29) is 24.0 Å². The normalized spacial score (nSPS) is 19.9. The first-order valence-electron chi connectivity index (χ1n) is 9.95. The zero-order chi connectivity index (χ0) is 18.4. The maximum absolute atomic E-state index is 4.61. The van der Waals surface area contributed by atoms with Crippen LogP contribution in [-0.4, -0.2) is 84.5 Å². The fourth-order valence-corrected chi connectivity index (χ4v) is 4.37. The highest BCUT2D eigenvalue weighted by atomic mass is 127. The van der Waals surface area contributed by atoms with Gasteiger partial charge < -0.3 is 20.0 Å². The minimum Gasteiger partial charge on any atom is -0.355 e. The molecule has 27 heavy (non-hydrogen) atoms. The van der Waals surface area contributed by atoms with Crippen molar-refractivity contribution in [1.29, 1.82) is 0 Å². The summed E-state index contributed by atoms with van der Waals surface area (Å²) in [5.74, 6) is 2.88. The number of hydrogen-bond acceptors (Lipinski definition) is 6. The number of rotatable bonds is 5. The van der Waals surface area contributed by atoms with Gasteiger partial charge in [0.25, 0.3) is 0 Å². The van der Waals surface area contributed by atoms with Gasteiger partial charge in [-0.15, -0.1) is 24.0 Å². The van der Waals surface area contributed by atoms with Crippen LogP contribution in [0.1, 0.15) is 32.5 Å². The lowest BCUT2D eigenvalue weighted by Gasteiger charge is -2.36. The maximum Gasteiger partial charge on any atom is 0.205 e. The molecular formula is C18H34IN7S. The molecule has 0 atom stereocenters. The van der Waals surface area contributed by atoms with E-state index in [9.17, 15) is 0 Å². The van der Waals surface area contributed by atoms with Crippen LogP contribution in [0.4, 0.5) is 5.13 Å². The van der Waals surface area contributed by atoms with Gasteiger partial charge in [0, 0.05) is 64.3 Å². The van der Waals surface area contributed by atoms with Gasteiger partial charge >= 0.3 is 0 Å². The highest BCUT2D eigenvalue weighted by Gasteiger charge is 2.22. The number of piperazine rings is 1. The van der Waals surface area contributed by atoms with E-state index in [1.807, 2.05) is 7.05 Å². The maximum atomic E-state index is 4.61. The number of anilines is 1. The Balaban J connectivity index is 0.00000261. The average Bonchev–Trinajstić information content (AvgIpc) is 3.16. The summed E-state index contributed by atoms with van der Waals surface area (Å²) in [5.41, 5.74) is 0. The summed E-state index contributed by atoms with van der Waals surface area (Å²) in [7, 11) is 1.88. The van der Waals surface area contributed by atoms with E-state index in [0.717, 1.165) is 68.5 Å². The summed E-state index contributed by atoms with van der Waals surface area (Å²) in [6.07, 6.45) is 3.58. The summed E-state index contributed by atoms with van der Waals surface area (Å²) in [4.78, 5) is 16.4. The van der Waals surface area contributed by atoms with Crippen LogP contribution < -0.4 is 10.2 Å². The number of halogens is 1. The summed E-state index contributed by atoms with van der Waals surface area (Å²) in [5, 5.41) is 4.61. The fraction of sp³-hybridized carbons (Fsp3) is 0.833. The highest BCUT2D eigenvalue weighted by molar-refractivity contribution is 14.0. The van der Waals surface area contributed by atoms with Crippen molar-refractivity contribution >= 4 is 46.6 Å². The SMILES string of the molecule is CCc1nsc(N2CCN(C(=NC)NCCN3CCC(C)CC3)CC2)n1.I. The van der Waals surface area contributed by atoms with Crippen LogP contribution in [0.5, 0.6) is 0 Å². The van der Waals surface area contributed by atoms with Crippen LogP contribution in [0, 0.1) is 5.92 Å². The molecule has 2 fully saturated rings. The third kappa shape index (κ3) is 6.42. The van der Waals surface area contributed by atoms with Gasteiger partial charge in [-0.25, -0.2) is 4.98 Å². The Bertz CT molecular complexity index is 578. The standard InChI is InChI=1S/C18H33N7S.HI/c1-4-16-21-18(26-22-16)25-13-11-24(12-14-25)17(19-3)20-7-10-23-8-5-15(2)6-9-23;/h15H,4-14H2,1-3H3,(H,19,20);1H. The molecule has 0 unspecified atom stereocenters. The first-order chi connectivity index (χ1) is 12.7. The monoisotopic (exact) mass is 507 g/mol. The van der Waals surface area contributed by atoms with Crippen LogP contribution in [-0.2, 0) is 6.42 Å². The lowest BCUT2D eigenvalue weighted by molar-refractivity contribution is 0.194. The number of guanidine groups is 1. The lowest BCUT2D eigenvalue weighted by Crippen LogP contribution is -2.53. The molecule has 1 aromatic heterocycles.